The maximum absolute atomic E-state index is 12.2. The Balaban J connectivity index is 1.59. The molecule has 0 atom stereocenters. The van der Waals surface area contributed by atoms with Crippen molar-refractivity contribution in [1.82, 2.24) is 29.9 Å². The van der Waals surface area contributed by atoms with Crippen LogP contribution in [0.25, 0.3) is 22.3 Å². The van der Waals surface area contributed by atoms with Gasteiger partial charge in [-0.1, -0.05) is 17.3 Å². The van der Waals surface area contributed by atoms with Crippen molar-refractivity contribution < 1.29 is 0 Å². The van der Waals surface area contributed by atoms with Gasteiger partial charge in [-0.25, -0.2) is 4.79 Å². The van der Waals surface area contributed by atoms with Crippen LogP contribution in [-0.2, 0) is 13.0 Å². The van der Waals surface area contributed by atoms with Crippen molar-refractivity contribution in [3.05, 3.63) is 79.4 Å². The Labute approximate surface area is 145 Å². The molecule has 3 aromatic heterocycles. The number of nitrogens with one attached hydrogen (secondary N) is 3. The van der Waals surface area contributed by atoms with Crippen molar-refractivity contribution in [3.8, 4) is 11.4 Å². The molecule has 0 bridgehead atoms. The monoisotopic (exact) mass is 350 g/mol. The molecule has 0 fully saturated rings. The van der Waals surface area contributed by atoms with Gasteiger partial charge in [-0.2, -0.15) is 0 Å². The molecule has 0 radical (unpaired) electrons. The average molecular weight is 350 g/mol. The highest BCUT2D eigenvalue weighted by atomic mass is 16.2. The molecule has 4 aromatic rings. The van der Waals surface area contributed by atoms with Gasteiger partial charge in [-0.15, -0.1) is 5.10 Å². The Morgan fingerprint density at radius 2 is 1.92 bits per heavy atom. The van der Waals surface area contributed by atoms with Crippen LogP contribution in [0, 0.1) is 0 Å². The van der Waals surface area contributed by atoms with Gasteiger partial charge in [0.05, 0.1) is 11.9 Å². The van der Waals surface area contributed by atoms with E-state index in [1.807, 2.05) is 18.2 Å². The normalized spacial score (nSPS) is 11.1. The number of nitrogens with zero attached hydrogens (tertiary/aromatic N) is 3. The van der Waals surface area contributed by atoms with Crippen LogP contribution < -0.4 is 16.7 Å². The van der Waals surface area contributed by atoms with Gasteiger partial charge >= 0.3 is 5.69 Å². The van der Waals surface area contributed by atoms with Crippen LogP contribution in [0.15, 0.2) is 57.1 Å². The zero-order valence-corrected chi connectivity index (χ0v) is 13.5. The van der Waals surface area contributed by atoms with Crippen LogP contribution in [0.1, 0.15) is 5.56 Å². The SMILES string of the molecule is O=c1[nH]cc(CCn2cc(-c3cc(=O)c4ccccc4[nH]3)nn2)c(=O)[nH]1. The predicted molar refractivity (Wildman–Crippen MR) is 95.0 cm³/mol. The largest absolute Gasteiger partial charge is 0.353 e. The summed E-state index contributed by atoms with van der Waals surface area (Å²) in [6, 6.07) is 8.74. The van der Waals surface area contributed by atoms with Crippen LogP contribution in [0.4, 0.5) is 0 Å². The smallest absolute Gasteiger partial charge is 0.325 e. The molecule has 0 unspecified atom stereocenters. The zero-order valence-electron chi connectivity index (χ0n) is 13.5. The van der Waals surface area contributed by atoms with Gasteiger partial charge < -0.3 is 9.97 Å². The van der Waals surface area contributed by atoms with Gasteiger partial charge in [0.1, 0.15) is 5.69 Å². The van der Waals surface area contributed by atoms with Crippen LogP contribution in [0.2, 0.25) is 0 Å². The molecule has 0 aliphatic rings. The van der Waals surface area contributed by atoms with E-state index in [1.165, 1.54) is 12.3 Å². The number of aromatic nitrogens is 6. The fourth-order valence-corrected chi connectivity index (χ4v) is 2.72. The minimum atomic E-state index is -0.540. The summed E-state index contributed by atoms with van der Waals surface area (Å²) in [6.07, 6.45) is 3.46. The summed E-state index contributed by atoms with van der Waals surface area (Å²) in [5, 5.41) is 8.72. The molecule has 4 rings (SSSR count). The third-order valence-electron chi connectivity index (χ3n) is 4.06. The molecule has 9 nitrogen and oxygen atoms in total. The van der Waals surface area contributed by atoms with E-state index in [4.69, 9.17) is 0 Å². The summed E-state index contributed by atoms with van der Waals surface area (Å²) < 4.78 is 1.58. The second-order valence-corrected chi connectivity index (χ2v) is 5.81. The Kier molecular flexibility index (Phi) is 3.81. The molecule has 0 amide bonds. The summed E-state index contributed by atoms with van der Waals surface area (Å²) in [5.41, 5.74) is 1.22. The third-order valence-corrected chi connectivity index (χ3v) is 4.06. The number of H-pyrrole nitrogens is 3. The van der Waals surface area contributed by atoms with E-state index in [9.17, 15) is 14.4 Å². The highest BCUT2D eigenvalue weighted by Crippen LogP contribution is 2.15. The van der Waals surface area contributed by atoms with Crippen molar-refractivity contribution in [2.24, 2.45) is 0 Å². The quantitative estimate of drug-likeness (QED) is 0.491. The molecule has 0 aliphatic heterocycles. The molecule has 0 saturated heterocycles. The topological polar surface area (TPSA) is 129 Å². The number of hydrogen-bond donors (Lipinski definition) is 3. The van der Waals surface area contributed by atoms with Gasteiger partial charge in [0.25, 0.3) is 5.56 Å². The molecule has 130 valence electrons. The van der Waals surface area contributed by atoms with Gasteiger partial charge in [0.15, 0.2) is 5.43 Å². The average Bonchev–Trinajstić information content (AvgIpc) is 3.10. The second kappa shape index (κ2) is 6.28. The number of aromatic amines is 3. The van der Waals surface area contributed by atoms with E-state index in [1.54, 1.807) is 16.9 Å². The first-order chi connectivity index (χ1) is 12.6. The van der Waals surface area contributed by atoms with Crippen LogP contribution in [0.5, 0.6) is 0 Å². The molecule has 3 heterocycles. The molecule has 26 heavy (non-hydrogen) atoms. The number of hydrogen-bond acceptors (Lipinski definition) is 5. The Morgan fingerprint density at radius 3 is 2.77 bits per heavy atom. The molecule has 3 N–H and O–H groups in total. The van der Waals surface area contributed by atoms with E-state index in [0.717, 1.165) is 5.52 Å². The molecule has 1 aromatic carbocycles. The second-order valence-electron chi connectivity index (χ2n) is 5.81. The van der Waals surface area contributed by atoms with E-state index < -0.39 is 11.2 Å². The molecular weight excluding hydrogens is 336 g/mol. The van der Waals surface area contributed by atoms with Crippen molar-refractivity contribution in [3.63, 3.8) is 0 Å². The fraction of sp³-hybridized carbons (Fsp3) is 0.118. The van der Waals surface area contributed by atoms with E-state index >= 15 is 0 Å². The Morgan fingerprint density at radius 1 is 1.08 bits per heavy atom. The Hall–Kier alpha value is -3.75. The number of para-hydroxylation sites is 1. The van der Waals surface area contributed by atoms with Crippen molar-refractivity contribution >= 4 is 10.9 Å². The lowest BCUT2D eigenvalue weighted by atomic mass is 10.2. The van der Waals surface area contributed by atoms with Gasteiger partial charge in [-0.05, 0) is 18.6 Å². The number of pyridine rings is 1. The number of benzene rings is 1. The minimum Gasteiger partial charge on any atom is -0.353 e. The Bertz CT molecular complexity index is 1260. The first-order valence-electron chi connectivity index (χ1n) is 7.93. The minimum absolute atomic E-state index is 0.0938. The molecule has 0 saturated carbocycles. The van der Waals surface area contributed by atoms with E-state index in [-0.39, 0.29) is 5.43 Å². The lowest BCUT2D eigenvalue weighted by molar-refractivity contribution is 0.586. The lowest BCUT2D eigenvalue weighted by Crippen LogP contribution is -2.25. The van der Waals surface area contributed by atoms with Crippen molar-refractivity contribution in [1.29, 1.82) is 0 Å². The summed E-state index contributed by atoms with van der Waals surface area (Å²) in [6.45, 7) is 0.403. The molecule has 9 heteroatoms. The maximum Gasteiger partial charge on any atom is 0.325 e. The molecular formula is C17H14N6O3. The number of rotatable bonds is 4. The fourth-order valence-electron chi connectivity index (χ4n) is 2.72. The van der Waals surface area contributed by atoms with Gasteiger partial charge in [-0.3, -0.25) is 19.3 Å². The van der Waals surface area contributed by atoms with Crippen LogP contribution in [-0.4, -0.2) is 29.9 Å². The first kappa shape index (κ1) is 15.8. The highest BCUT2D eigenvalue weighted by Gasteiger charge is 2.09. The maximum atomic E-state index is 12.2. The van der Waals surface area contributed by atoms with E-state index in [2.05, 4.69) is 25.3 Å². The van der Waals surface area contributed by atoms with Gasteiger partial charge in [0, 0.05) is 35.3 Å². The molecule has 0 spiro atoms. The van der Waals surface area contributed by atoms with Crippen LogP contribution in [0.3, 0.4) is 0 Å². The number of aryl methyl sites for hydroxylation is 2. The number of fused-ring (bicyclic) bond motifs is 1. The zero-order chi connectivity index (χ0) is 18.1. The first-order valence-corrected chi connectivity index (χ1v) is 7.93. The third kappa shape index (κ3) is 2.97. The van der Waals surface area contributed by atoms with E-state index in [0.29, 0.717) is 35.3 Å². The lowest BCUT2D eigenvalue weighted by Gasteiger charge is -2.01. The molecule has 0 aliphatic carbocycles. The summed E-state index contributed by atoms with van der Waals surface area (Å²) in [5.74, 6) is 0. The van der Waals surface area contributed by atoms with Crippen molar-refractivity contribution in [2.45, 2.75) is 13.0 Å². The summed E-state index contributed by atoms with van der Waals surface area (Å²) in [4.78, 5) is 42.7. The van der Waals surface area contributed by atoms with Crippen molar-refractivity contribution in [2.75, 3.05) is 0 Å². The van der Waals surface area contributed by atoms with Crippen LogP contribution >= 0.6 is 0 Å². The summed E-state index contributed by atoms with van der Waals surface area (Å²) in [7, 11) is 0. The standard InChI is InChI=1S/C17H14N6O3/c24-15-7-13(19-12-4-2-1-3-11(12)15)14-9-23(22-21-14)6-5-10-8-18-17(26)20-16(10)25/h1-4,7-9H,5-6H2,(H,19,24)(H2,18,20,25,26). The van der Waals surface area contributed by atoms with Gasteiger partial charge in [0.2, 0.25) is 0 Å². The summed E-state index contributed by atoms with van der Waals surface area (Å²) >= 11 is 0. The highest BCUT2D eigenvalue weighted by molar-refractivity contribution is 5.80. The predicted octanol–water partition coefficient (Wildman–Crippen LogP) is 0.406.